The Kier molecular flexibility index (Phi) is 6.05. The van der Waals surface area contributed by atoms with Gasteiger partial charge in [0.25, 0.3) is 0 Å². The van der Waals surface area contributed by atoms with E-state index >= 15 is 0 Å². The highest BCUT2D eigenvalue weighted by Crippen LogP contribution is 2.46. The SMILES string of the molecule is Cc1cc(Nc2cc(C(F)(F)F)ccn2)nc(-c2cn(C3CCC(C(=O)O)CC3(C)C)nn2)c1. The number of rotatable bonds is 5. The van der Waals surface area contributed by atoms with Gasteiger partial charge in [-0.3, -0.25) is 4.79 Å². The molecular weight excluding hydrogens is 449 g/mol. The standard InChI is InChI=1S/C23H25F3N6O2/c1-13-8-16(28-20(9-13)29-19-10-15(6-7-27-19)23(24,25)26)17-12-32(31-30-17)18-5-4-14(21(33)34)11-22(18,2)3/h6-10,12,14,18H,4-5,11H2,1-3H3,(H,33,34)(H,27,28,29). The third-order valence-corrected chi connectivity index (χ3v) is 6.22. The summed E-state index contributed by atoms with van der Waals surface area (Å²) in [4.78, 5) is 19.9. The minimum absolute atomic E-state index is 0.0129. The molecule has 1 saturated carbocycles. The Balaban J connectivity index is 1.57. The van der Waals surface area contributed by atoms with Gasteiger partial charge in [-0.25, -0.2) is 14.6 Å². The summed E-state index contributed by atoms with van der Waals surface area (Å²) in [6, 6.07) is 5.33. The molecule has 0 radical (unpaired) electrons. The van der Waals surface area contributed by atoms with Crippen molar-refractivity contribution in [2.45, 2.75) is 52.3 Å². The van der Waals surface area contributed by atoms with E-state index in [1.807, 2.05) is 26.8 Å². The number of carbonyl (C=O) groups is 1. The van der Waals surface area contributed by atoms with Crippen LogP contribution in [-0.4, -0.2) is 36.0 Å². The minimum atomic E-state index is -4.47. The number of nitrogens with zero attached hydrogens (tertiary/aromatic N) is 5. The van der Waals surface area contributed by atoms with Gasteiger partial charge in [0.2, 0.25) is 0 Å². The molecule has 0 bridgehead atoms. The highest BCUT2D eigenvalue weighted by molar-refractivity contribution is 5.70. The fourth-order valence-corrected chi connectivity index (χ4v) is 4.54. The van der Waals surface area contributed by atoms with Gasteiger partial charge < -0.3 is 10.4 Å². The van der Waals surface area contributed by atoms with Crippen LogP contribution >= 0.6 is 0 Å². The molecule has 0 aliphatic heterocycles. The Morgan fingerprint density at radius 3 is 2.62 bits per heavy atom. The fourth-order valence-electron chi connectivity index (χ4n) is 4.54. The van der Waals surface area contributed by atoms with Crippen LogP contribution in [0.3, 0.4) is 0 Å². The molecule has 1 aliphatic carbocycles. The lowest BCUT2D eigenvalue weighted by Crippen LogP contribution is -2.37. The molecule has 1 aliphatic rings. The molecule has 8 nitrogen and oxygen atoms in total. The quantitative estimate of drug-likeness (QED) is 0.520. The molecular formula is C23H25F3N6O2. The molecule has 11 heteroatoms. The van der Waals surface area contributed by atoms with Crippen molar-refractivity contribution in [3.63, 3.8) is 0 Å². The van der Waals surface area contributed by atoms with E-state index in [9.17, 15) is 23.1 Å². The van der Waals surface area contributed by atoms with Crippen molar-refractivity contribution in [3.8, 4) is 11.4 Å². The fraction of sp³-hybridized carbons (Fsp3) is 0.435. The monoisotopic (exact) mass is 474 g/mol. The first-order chi connectivity index (χ1) is 15.9. The minimum Gasteiger partial charge on any atom is -0.481 e. The van der Waals surface area contributed by atoms with E-state index in [1.165, 1.54) is 0 Å². The zero-order valence-electron chi connectivity index (χ0n) is 19.0. The van der Waals surface area contributed by atoms with E-state index in [4.69, 9.17) is 0 Å². The maximum Gasteiger partial charge on any atom is 0.416 e. The number of aromatic nitrogens is 5. The summed E-state index contributed by atoms with van der Waals surface area (Å²) < 4.78 is 40.8. The summed E-state index contributed by atoms with van der Waals surface area (Å²) >= 11 is 0. The number of halogens is 3. The summed E-state index contributed by atoms with van der Waals surface area (Å²) in [5.74, 6) is -0.783. The van der Waals surface area contributed by atoms with Crippen LogP contribution in [0.4, 0.5) is 24.8 Å². The normalized spacial score (nSPS) is 20.2. The second-order valence-electron chi connectivity index (χ2n) is 9.37. The van der Waals surface area contributed by atoms with Crippen LogP contribution in [0.15, 0.2) is 36.7 Å². The van der Waals surface area contributed by atoms with Gasteiger partial charge in [0.1, 0.15) is 17.3 Å². The summed E-state index contributed by atoms with van der Waals surface area (Å²) in [6.07, 6.45) is 0.181. The second kappa shape index (κ2) is 8.69. The number of hydrogen-bond acceptors (Lipinski definition) is 6. The zero-order valence-corrected chi connectivity index (χ0v) is 19.0. The number of pyridine rings is 2. The van der Waals surface area contributed by atoms with Gasteiger partial charge in [0.05, 0.1) is 29.4 Å². The van der Waals surface area contributed by atoms with Crippen LogP contribution in [0.5, 0.6) is 0 Å². The van der Waals surface area contributed by atoms with Gasteiger partial charge in [-0.2, -0.15) is 13.2 Å². The van der Waals surface area contributed by atoms with Crippen molar-refractivity contribution >= 4 is 17.6 Å². The largest absolute Gasteiger partial charge is 0.481 e. The number of hydrogen-bond donors (Lipinski definition) is 2. The van der Waals surface area contributed by atoms with Crippen molar-refractivity contribution in [1.82, 2.24) is 25.0 Å². The third-order valence-electron chi connectivity index (χ3n) is 6.22. The van der Waals surface area contributed by atoms with E-state index < -0.39 is 17.7 Å². The summed E-state index contributed by atoms with van der Waals surface area (Å²) in [6.45, 7) is 5.91. The summed E-state index contributed by atoms with van der Waals surface area (Å²) in [5, 5.41) is 20.8. The first kappa shape index (κ1) is 23.7. The van der Waals surface area contributed by atoms with Crippen LogP contribution in [0.1, 0.15) is 50.3 Å². The van der Waals surface area contributed by atoms with Gasteiger partial charge in [0.15, 0.2) is 0 Å². The molecule has 0 aromatic carbocycles. The lowest BCUT2D eigenvalue weighted by molar-refractivity contribution is -0.145. The molecule has 3 aromatic rings. The number of nitrogens with one attached hydrogen (secondary N) is 1. The Morgan fingerprint density at radius 1 is 1.18 bits per heavy atom. The van der Waals surface area contributed by atoms with Crippen LogP contribution < -0.4 is 5.32 Å². The van der Waals surface area contributed by atoms with E-state index in [-0.39, 0.29) is 23.2 Å². The van der Waals surface area contributed by atoms with Gasteiger partial charge in [-0.15, -0.1) is 5.10 Å². The number of alkyl halides is 3. The Hall–Kier alpha value is -3.50. The highest BCUT2D eigenvalue weighted by Gasteiger charge is 2.41. The van der Waals surface area contributed by atoms with Gasteiger partial charge in [-0.1, -0.05) is 19.1 Å². The second-order valence-corrected chi connectivity index (χ2v) is 9.37. The molecule has 2 N–H and O–H groups in total. The zero-order chi connectivity index (χ0) is 24.7. The molecule has 3 heterocycles. The number of anilines is 2. The molecule has 34 heavy (non-hydrogen) atoms. The van der Waals surface area contributed by atoms with Gasteiger partial charge in [0, 0.05) is 6.20 Å². The van der Waals surface area contributed by atoms with Crippen LogP contribution in [0.2, 0.25) is 0 Å². The van der Waals surface area contributed by atoms with Crippen molar-refractivity contribution in [2.75, 3.05) is 5.32 Å². The molecule has 4 rings (SSSR count). The van der Waals surface area contributed by atoms with Crippen molar-refractivity contribution in [1.29, 1.82) is 0 Å². The maximum absolute atomic E-state index is 13.0. The summed E-state index contributed by atoms with van der Waals surface area (Å²) in [7, 11) is 0. The van der Waals surface area contributed by atoms with E-state index in [2.05, 4.69) is 25.6 Å². The van der Waals surface area contributed by atoms with E-state index in [1.54, 1.807) is 16.9 Å². The van der Waals surface area contributed by atoms with E-state index in [0.717, 1.165) is 23.9 Å². The van der Waals surface area contributed by atoms with Gasteiger partial charge in [-0.05, 0) is 61.4 Å². The highest BCUT2D eigenvalue weighted by atomic mass is 19.4. The Morgan fingerprint density at radius 2 is 1.94 bits per heavy atom. The Labute approximate surface area is 194 Å². The van der Waals surface area contributed by atoms with Crippen LogP contribution in [0, 0.1) is 18.3 Å². The smallest absolute Gasteiger partial charge is 0.416 e. The van der Waals surface area contributed by atoms with Crippen LogP contribution in [-0.2, 0) is 11.0 Å². The Bertz CT molecular complexity index is 1210. The summed E-state index contributed by atoms with van der Waals surface area (Å²) in [5.41, 5.74) is 0.767. The number of aliphatic carboxylic acids is 1. The number of carboxylic acid groups (broad SMARTS) is 1. The molecule has 180 valence electrons. The molecule has 3 aromatic heterocycles. The first-order valence-electron chi connectivity index (χ1n) is 10.9. The molecule has 0 spiro atoms. The predicted octanol–water partition coefficient (Wildman–Crippen LogP) is 5.26. The van der Waals surface area contributed by atoms with Crippen LogP contribution in [0.25, 0.3) is 11.4 Å². The first-order valence-corrected chi connectivity index (χ1v) is 10.9. The topological polar surface area (TPSA) is 106 Å². The van der Waals surface area contributed by atoms with Crippen molar-refractivity contribution in [2.24, 2.45) is 11.3 Å². The van der Waals surface area contributed by atoms with E-state index in [0.29, 0.717) is 36.5 Å². The maximum atomic E-state index is 13.0. The van der Waals surface area contributed by atoms with Crippen molar-refractivity contribution < 1.29 is 23.1 Å². The average Bonchev–Trinajstić information content (AvgIpc) is 3.22. The predicted molar refractivity (Wildman–Crippen MR) is 118 cm³/mol. The average molecular weight is 474 g/mol. The van der Waals surface area contributed by atoms with Gasteiger partial charge >= 0.3 is 12.1 Å². The third kappa shape index (κ3) is 5.02. The lowest BCUT2D eigenvalue weighted by atomic mass is 9.69. The lowest BCUT2D eigenvalue weighted by Gasteiger charge is -2.40. The molecule has 1 fully saturated rings. The van der Waals surface area contributed by atoms with Crippen molar-refractivity contribution in [3.05, 3.63) is 47.8 Å². The molecule has 2 atom stereocenters. The molecule has 0 amide bonds. The number of aryl methyl sites for hydroxylation is 1. The molecule has 2 unspecified atom stereocenters. The number of carboxylic acids is 1. The molecule has 0 saturated heterocycles.